The van der Waals surface area contributed by atoms with Crippen LogP contribution in [0, 0.1) is 0 Å². The van der Waals surface area contributed by atoms with Gasteiger partial charge >= 0.3 is 11.9 Å². The lowest BCUT2D eigenvalue weighted by atomic mass is 9.92. The molecule has 5 heterocycles. The zero-order valence-corrected chi connectivity index (χ0v) is 26.4. The zero-order chi connectivity index (χ0) is 32.5. The summed E-state index contributed by atoms with van der Waals surface area (Å²) in [7, 11) is 2.23. The number of piperidine rings is 1. The first-order valence-electron chi connectivity index (χ1n) is 16.4. The van der Waals surface area contributed by atoms with Crippen molar-refractivity contribution in [2.75, 3.05) is 33.2 Å². The Morgan fingerprint density at radius 3 is 2.00 bits per heavy atom. The molecular weight excluding hydrogens is 590 g/mol. The lowest BCUT2D eigenvalue weighted by Crippen LogP contribution is -2.56. The maximum atomic E-state index is 13.5. The molecule has 0 spiro atoms. The van der Waals surface area contributed by atoms with Crippen LogP contribution in [0.25, 0.3) is 0 Å². The van der Waals surface area contributed by atoms with Crippen LogP contribution in [0.15, 0.2) is 46.8 Å². The van der Waals surface area contributed by atoms with Crippen molar-refractivity contribution in [3.05, 3.63) is 57.9 Å². The number of aliphatic carboxylic acids is 2. The maximum absolute atomic E-state index is 13.5. The maximum Gasteiger partial charge on any atom is 0.333 e. The van der Waals surface area contributed by atoms with Crippen LogP contribution in [0.3, 0.4) is 0 Å². The summed E-state index contributed by atoms with van der Waals surface area (Å²) in [5.74, 6) is -3.06. The van der Waals surface area contributed by atoms with Crippen molar-refractivity contribution in [3.63, 3.8) is 0 Å². The van der Waals surface area contributed by atoms with Crippen LogP contribution in [0.2, 0.25) is 0 Å². The molecule has 3 amide bonds. The molecule has 2 unspecified atom stereocenters. The highest BCUT2D eigenvalue weighted by atomic mass is 16.4. The number of carbonyl (C=O) groups excluding carboxylic acids is 3. The Morgan fingerprint density at radius 1 is 0.804 bits per heavy atom. The van der Waals surface area contributed by atoms with Gasteiger partial charge in [-0.1, -0.05) is 24.3 Å². The summed E-state index contributed by atoms with van der Waals surface area (Å²) in [6.07, 6.45) is 5.47. The van der Waals surface area contributed by atoms with Crippen molar-refractivity contribution in [1.29, 1.82) is 0 Å². The van der Waals surface area contributed by atoms with Gasteiger partial charge in [-0.2, -0.15) is 0 Å². The number of fused-ring (bicyclic) bond motifs is 2. The first kappa shape index (κ1) is 31.9. The van der Waals surface area contributed by atoms with Gasteiger partial charge in [-0.15, -0.1) is 0 Å². The third-order valence-electron chi connectivity index (χ3n) is 10.7. The second-order valence-corrected chi connectivity index (χ2v) is 13.2. The predicted molar refractivity (Wildman–Crippen MR) is 167 cm³/mol. The van der Waals surface area contributed by atoms with E-state index in [4.69, 9.17) is 0 Å². The largest absolute Gasteiger partial charge is 0.478 e. The van der Waals surface area contributed by atoms with E-state index in [9.17, 15) is 34.2 Å². The number of piperazine rings is 1. The summed E-state index contributed by atoms with van der Waals surface area (Å²) in [5.41, 5.74) is 2.09. The Bertz CT molecular complexity index is 1460. The van der Waals surface area contributed by atoms with Crippen molar-refractivity contribution < 1.29 is 34.2 Å². The van der Waals surface area contributed by atoms with E-state index in [2.05, 4.69) is 22.2 Å². The van der Waals surface area contributed by atoms with E-state index in [1.807, 2.05) is 24.3 Å². The summed E-state index contributed by atoms with van der Waals surface area (Å²) in [5, 5.41) is 23.0. The van der Waals surface area contributed by atoms with Crippen molar-refractivity contribution in [3.8, 4) is 0 Å². The van der Waals surface area contributed by atoms with Gasteiger partial charge in [0.25, 0.3) is 0 Å². The summed E-state index contributed by atoms with van der Waals surface area (Å²) in [6.45, 7) is 2.90. The number of dihydropyridines is 1. The molecule has 4 fully saturated rings. The van der Waals surface area contributed by atoms with E-state index >= 15 is 0 Å². The Balaban J connectivity index is 1.10. The highest BCUT2D eigenvalue weighted by Gasteiger charge is 2.41. The van der Waals surface area contributed by atoms with Gasteiger partial charge in [-0.3, -0.25) is 24.2 Å². The molecule has 2 bridgehead atoms. The number of rotatable bonds is 10. The van der Waals surface area contributed by atoms with Gasteiger partial charge < -0.3 is 25.3 Å². The fourth-order valence-corrected chi connectivity index (χ4v) is 7.96. The number of nitrogens with zero attached hydrogens (tertiary/aromatic N) is 4. The topological polar surface area (TPSA) is 151 Å². The molecule has 0 aliphatic carbocycles. The van der Waals surface area contributed by atoms with Crippen molar-refractivity contribution in [1.82, 2.24) is 24.9 Å². The lowest BCUT2D eigenvalue weighted by Gasteiger charge is -2.45. The summed E-state index contributed by atoms with van der Waals surface area (Å²) in [4.78, 5) is 70.4. The molecule has 246 valence electrons. The van der Waals surface area contributed by atoms with E-state index in [0.29, 0.717) is 43.3 Å². The molecule has 1 aromatic carbocycles. The molecule has 0 saturated carbocycles. The zero-order valence-electron chi connectivity index (χ0n) is 26.4. The summed E-state index contributed by atoms with van der Waals surface area (Å²) >= 11 is 0. The quantitative estimate of drug-likeness (QED) is 0.327. The minimum absolute atomic E-state index is 0.0447. The average molecular weight is 634 g/mol. The number of allylic oxidation sites excluding steroid dienone is 1. The highest BCUT2D eigenvalue weighted by molar-refractivity contribution is 6.01. The van der Waals surface area contributed by atoms with Crippen LogP contribution in [-0.4, -0.2) is 111 Å². The average Bonchev–Trinajstić information content (AvgIpc) is 3.44. The van der Waals surface area contributed by atoms with Gasteiger partial charge in [0.1, 0.15) is 0 Å². The molecule has 0 aromatic heterocycles. The van der Waals surface area contributed by atoms with Crippen LogP contribution in [0.5, 0.6) is 0 Å². The van der Waals surface area contributed by atoms with Gasteiger partial charge in [0.15, 0.2) is 0 Å². The molecule has 46 heavy (non-hydrogen) atoms. The van der Waals surface area contributed by atoms with Gasteiger partial charge in [-0.05, 0) is 56.7 Å². The lowest BCUT2D eigenvalue weighted by molar-refractivity contribution is -0.139. The Morgan fingerprint density at radius 2 is 1.39 bits per heavy atom. The number of nitrogens with one attached hydrogen (secondary N) is 1. The first-order valence-corrected chi connectivity index (χ1v) is 16.4. The van der Waals surface area contributed by atoms with Crippen LogP contribution in [0.1, 0.15) is 68.9 Å². The third-order valence-corrected chi connectivity index (χ3v) is 10.7. The van der Waals surface area contributed by atoms with E-state index < -0.39 is 11.9 Å². The second-order valence-electron chi connectivity index (χ2n) is 13.2. The highest BCUT2D eigenvalue weighted by Crippen LogP contribution is 2.36. The van der Waals surface area contributed by atoms with E-state index in [1.54, 1.807) is 4.90 Å². The fourth-order valence-electron chi connectivity index (χ4n) is 7.96. The monoisotopic (exact) mass is 633 g/mol. The van der Waals surface area contributed by atoms with Crippen LogP contribution in [-0.2, 0) is 36.9 Å². The SMILES string of the molecule is CN1C2CCC1CC(N1CCN(C(=O)CC3=C(C(=O)O)CC(C(=O)O)=C(CCc4ccccc4CN4C(=O)CCC4=O)N3)CC1)C2. The van der Waals surface area contributed by atoms with Gasteiger partial charge in [0.2, 0.25) is 17.7 Å². The number of imide groups is 1. The first-order chi connectivity index (χ1) is 22.1. The van der Waals surface area contributed by atoms with Gasteiger partial charge in [-0.25, -0.2) is 9.59 Å². The number of hydrogen-bond donors (Lipinski definition) is 3. The molecule has 12 heteroatoms. The molecule has 3 N–H and O–H groups in total. The van der Waals surface area contributed by atoms with Crippen LogP contribution >= 0.6 is 0 Å². The number of aryl methyl sites for hydroxylation is 1. The van der Waals surface area contributed by atoms with Crippen LogP contribution < -0.4 is 5.32 Å². The summed E-state index contributed by atoms with van der Waals surface area (Å²) in [6, 6.07) is 9.22. The molecule has 5 aliphatic rings. The van der Waals surface area contributed by atoms with Crippen molar-refractivity contribution >= 4 is 29.7 Å². The Labute approximate surface area is 268 Å². The van der Waals surface area contributed by atoms with E-state index in [0.717, 1.165) is 24.2 Å². The molecule has 0 radical (unpaired) electrons. The van der Waals surface area contributed by atoms with Crippen molar-refractivity contribution in [2.45, 2.75) is 88.9 Å². The number of carbonyl (C=O) groups is 5. The Kier molecular flexibility index (Phi) is 9.28. The molecule has 2 atom stereocenters. The molecule has 4 saturated heterocycles. The minimum Gasteiger partial charge on any atom is -0.478 e. The van der Waals surface area contributed by atoms with Gasteiger partial charge in [0.05, 0.1) is 24.1 Å². The fraction of sp³-hybridized carbons (Fsp3) is 0.559. The third kappa shape index (κ3) is 6.59. The normalized spacial score (nSPS) is 25.8. The number of benzene rings is 1. The smallest absolute Gasteiger partial charge is 0.333 e. The minimum atomic E-state index is -1.25. The molecule has 6 rings (SSSR count). The van der Waals surface area contributed by atoms with Gasteiger partial charge in [0, 0.05) is 75.0 Å². The Hall–Kier alpha value is -4.03. The number of amides is 3. The number of carboxylic acid groups (broad SMARTS) is 2. The van der Waals surface area contributed by atoms with Crippen molar-refractivity contribution in [2.24, 2.45) is 0 Å². The standard InChI is InChI=1S/C34H43N5O7/c1-36-23-7-8-24(36)17-25(16-23)37-12-14-38(15-13-37)32(42)19-29-27(34(45)46)18-26(33(43)44)28(35-29)9-6-21-4-2-3-5-22(21)20-39-30(40)10-11-31(39)41/h2-5,23-25,35H,6-20H2,1H3,(H,43,44)(H,45,46). The second kappa shape index (κ2) is 13.4. The van der Waals surface area contributed by atoms with E-state index in [1.165, 1.54) is 30.6 Å². The van der Waals surface area contributed by atoms with Crippen LogP contribution in [0.4, 0.5) is 0 Å². The van der Waals surface area contributed by atoms with E-state index in [-0.39, 0.29) is 73.2 Å². The molecule has 12 nitrogen and oxygen atoms in total. The molecule has 1 aromatic rings. The molecule has 5 aliphatic heterocycles. The number of likely N-dealkylation sites (tertiary alicyclic amines) is 1. The number of carboxylic acids is 2. The predicted octanol–water partition coefficient (Wildman–Crippen LogP) is 2.10. The summed E-state index contributed by atoms with van der Waals surface area (Å²) < 4.78 is 0. The number of hydrogen-bond acceptors (Lipinski definition) is 8. The molecular formula is C34H43N5O7.